The van der Waals surface area contributed by atoms with Crippen LogP contribution in [0.5, 0.6) is 0 Å². The van der Waals surface area contributed by atoms with Gasteiger partial charge in [0.2, 0.25) is 0 Å². The third-order valence-electron chi connectivity index (χ3n) is 0.816. The van der Waals surface area contributed by atoms with Gasteiger partial charge in [0.15, 0.2) is 0 Å². The molecule has 0 aromatic rings. The standard InChI is InChI=1S/8C3H7O.2Zr/c4*1-3(2)4;4*1-2-3-4;;/h4*3H,1-2H3;4*2-3H2,1H3;;/q8*-1;2*+4. The van der Waals surface area contributed by atoms with Crippen molar-refractivity contribution < 1.29 is 93.3 Å². The molecule has 0 atom stereocenters. The van der Waals surface area contributed by atoms with E-state index in [1.165, 1.54) is 0 Å². The largest absolute Gasteiger partial charge is 4.00 e. The summed E-state index contributed by atoms with van der Waals surface area (Å²) in [6.45, 7) is 20.6. The van der Waals surface area contributed by atoms with Gasteiger partial charge in [0.1, 0.15) is 0 Å². The molecule has 10 heteroatoms. The predicted molar refractivity (Wildman–Crippen MR) is 121 cm³/mol. The van der Waals surface area contributed by atoms with Gasteiger partial charge in [0, 0.05) is 0 Å². The fourth-order valence-corrected chi connectivity index (χ4v) is 0. The first-order chi connectivity index (χ1) is 14.6. The molecule has 0 N–H and O–H groups in total. The number of hydrogen-bond donors (Lipinski definition) is 0. The van der Waals surface area contributed by atoms with Crippen LogP contribution in [0.1, 0.15) is 109 Å². The van der Waals surface area contributed by atoms with Crippen LogP contribution in [0.3, 0.4) is 0 Å². The van der Waals surface area contributed by atoms with Crippen LogP contribution in [0.4, 0.5) is 0 Å². The molecule has 0 aromatic carbocycles. The first-order valence-corrected chi connectivity index (χ1v) is 11.5. The van der Waals surface area contributed by atoms with E-state index in [1.807, 2.05) is 27.7 Å². The Kier molecular flexibility index (Phi) is 160. The average molecular weight is 655 g/mol. The van der Waals surface area contributed by atoms with Crippen LogP contribution in [0.25, 0.3) is 0 Å². The van der Waals surface area contributed by atoms with E-state index in [2.05, 4.69) is 0 Å². The molecule has 0 amide bonds. The Labute approximate surface area is 251 Å². The third kappa shape index (κ3) is 1190. The van der Waals surface area contributed by atoms with Gasteiger partial charge in [0.05, 0.1) is 0 Å². The van der Waals surface area contributed by atoms with Crippen molar-refractivity contribution in [1.82, 2.24) is 0 Å². The van der Waals surface area contributed by atoms with E-state index in [-0.39, 0.29) is 78.8 Å². The molecule has 0 heterocycles. The monoisotopic (exact) mass is 652 g/mol. The van der Waals surface area contributed by atoms with E-state index in [4.69, 9.17) is 0 Å². The van der Waals surface area contributed by atoms with E-state index in [0.29, 0.717) is 0 Å². The van der Waals surface area contributed by atoms with Gasteiger partial charge in [-0.1, -0.05) is 109 Å². The van der Waals surface area contributed by atoms with E-state index in [9.17, 15) is 40.9 Å². The molecule has 0 bridgehead atoms. The second kappa shape index (κ2) is 83.8. The quantitative estimate of drug-likeness (QED) is 0.335. The van der Waals surface area contributed by atoms with Crippen molar-refractivity contribution in [1.29, 1.82) is 0 Å². The fraction of sp³-hybridized carbons (Fsp3) is 1.00. The van der Waals surface area contributed by atoms with Gasteiger partial charge in [-0.2, -0.15) is 0 Å². The molecule has 0 aromatic heterocycles. The van der Waals surface area contributed by atoms with Crippen LogP contribution < -0.4 is 40.9 Å². The van der Waals surface area contributed by atoms with Crippen molar-refractivity contribution in [3.63, 3.8) is 0 Å². The van der Waals surface area contributed by atoms with Gasteiger partial charge < -0.3 is 40.9 Å². The first-order valence-electron chi connectivity index (χ1n) is 11.5. The van der Waals surface area contributed by atoms with Gasteiger partial charge in [-0.05, 0) is 0 Å². The van der Waals surface area contributed by atoms with Gasteiger partial charge in [-0.3, -0.25) is 0 Å². The minimum atomic E-state index is -0.417. The molecular weight excluding hydrogens is 599 g/mol. The summed E-state index contributed by atoms with van der Waals surface area (Å²) in [5.74, 6) is 0. The smallest absolute Gasteiger partial charge is 0.854 e. The molecule has 0 saturated carbocycles. The summed E-state index contributed by atoms with van der Waals surface area (Å²) >= 11 is 0. The molecule has 0 fully saturated rings. The summed E-state index contributed by atoms with van der Waals surface area (Å²) < 4.78 is 0. The van der Waals surface area contributed by atoms with E-state index < -0.39 is 24.4 Å². The molecule has 208 valence electrons. The maximum absolute atomic E-state index is 9.53. The van der Waals surface area contributed by atoms with Crippen LogP contribution in [0.15, 0.2) is 0 Å². The van der Waals surface area contributed by atoms with Crippen molar-refractivity contribution >= 4 is 0 Å². The van der Waals surface area contributed by atoms with E-state index in [1.54, 1.807) is 55.4 Å². The Hall–Kier alpha value is 1.45. The van der Waals surface area contributed by atoms with Crippen molar-refractivity contribution in [2.45, 2.75) is 133 Å². The van der Waals surface area contributed by atoms with Crippen LogP contribution in [0, 0.1) is 0 Å². The summed E-state index contributed by atoms with van der Waals surface area (Å²) in [5.41, 5.74) is 0. The summed E-state index contributed by atoms with van der Waals surface area (Å²) in [7, 11) is 0. The van der Waals surface area contributed by atoms with E-state index in [0.717, 1.165) is 25.7 Å². The second-order valence-corrected chi connectivity index (χ2v) is 7.01. The Bertz CT molecular complexity index is 143. The SMILES string of the molecule is CC(C)[O-].CC(C)[O-].CC(C)[O-].CC(C)[O-].CCC[O-].CCC[O-].CCC[O-].CCC[O-].[Zr+4].[Zr+4]. The molecule has 0 aliphatic rings. The molecule has 0 aliphatic carbocycles. The van der Waals surface area contributed by atoms with Crippen LogP contribution in [0.2, 0.25) is 0 Å². The van der Waals surface area contributed by atoms with Crippen LogP contribution in [-0.2, 0) is 52.4 Å². The summed E-state index contributed by atoms with van der Waals surface area (Å²) in [6.07, 6.45) is 1.39. The summed E-state index contributed by atoms with van der Waals surface area (Å²) in [4.78, 5) is 0. The zero-order valence-corrected chi connectivity index (χ0v) is 29.1. The Balaban J connectivity index is -0.0000000240. The Morgan fingerprint density at radius 1 is 0.353 bits per heavy atom. The summed E-state index contributed by atoms with van der Waals surface area (Å²) in [5, 5.41) is 75.3. The van der Waals surface area contributed by atoms with Crippen molar-refractivity contribution in [2.24, 2.45) is 0 Å². The Morgan fingerprint density at radius 3 is 0.382 bits per heavy atom. The Morgan fingerprint density at radius 2 is 0.382 bits per heavy atom. The molecule has 0 unspecified atom stereocenters. The van der Waals surface area contributed by atoms with Crippen molar-refractivity contribution in [3.8, 4) is 0 Å². The maximum atomic E-state index is 9.53. The molecular formula is C24H56O8Zr2. The molecule has 0 radical (unpaired) electrons. The topological polar surface area (TPSA) is 184 Å². The normalized spacial score (nSPS) is 7.76. The molecule has 34 heavy (non-hydrogen) atoms. The first kappa shape index (κ1) is 65.0. The molecule has 0 aliphatic heterocycles. The molecule has 0 spiro atoms. The predicted octanol–water partition coefficient (Wildman–Crippen LogP) is -1.96. The maximum Gasteiger partial charge on any atom is 4.00 e. The average Bonchev–Trinajstić information content (AvgIpc) is 2.66. The fourth-order valence-electron chi connectivity index (χ4n) is 0. The van der Waals surface area contributed by atoms with E-state index >= 15 is 0 Å². The zero-order chi connectivity index (χ0) is 28.0. The number of rotatable bonds is 4. The molecule has 0 saturated heterocycles. The zero-order valence-electron chi connectivity index (χ0n) is 24.2. The minimum absolute atomic E-state index is 0. The van der Waals surface area contributed by atoms with Crippen molar-refractivity contribution in [3.05, 3.63) is 0 Å². The van der Waals surface area contributed by atoms with Gasteiger partial charge in [-0.15, -0.1) is 50.8 Å². The molecule has 0 rings (SSSR count). The van der Waals surface area contributed by atoms with Gasteiger partial charge >= 0.3 is 52.4 Å². The summed E-state index contributed by atoms with van der Waals surface area (Å²) in [6, 6.07) is 0. The minimum Gasteiger partial charge on any atom is -0.854 e. The van der Waals surface area contributed by atoms with Crippen LogP contribution >= 0.6 is 0 Å². The van der Waals surface area contributed by atoms with Gasteiger partial charge in [-0.25, -0.2) is 0 Å². The third-order valence-corrected chi connectivity index (χ3v) is 0.816. The van der Waals surface area contributed by atoms with Crippen molar-refractivity contribution in [2.75, 3.05) is 26.4 Å². The number of hydrogen-bond acceptors (Lipinski definition) is 8. The van der Waals surface area contributed by atoms with Gasteiger partial charge in [0.25, 0.3) is 0 Å². The van der Waals surface area contributed by atoms with Crippen LogP contribution in [-0.4, -0.2) is 50.8 Å². The molecule has 8 nitrogen and oxygen atoms in total. The second-order valence-electron chi connectivity index (χ2n) is 7.01.